The summed E-state index contributed by atoms with van der Waals surface area (Å²) in [5.74, 6) is -1.37. The van der Waals surface area contributed by atoms with Gasteiger partial charge < -0.3 is 9.84 Å². The molecule has 0 aliphatic carbocycles. The van der Waals surface area contributed by atoms with Gasteiger partial charge in [0.2, 0.25) is 7.59 Å². The van der Waals surface area contributed by atoms with Crippen LogP contribution in [0.3, 0.4) is 0 Å². The third-order valence-electron chi connectivity index (χ3n) is 2.84. The normalized spacial score (nSPS) is 14.8. The van der Waals surface area contributed by atoms with E-state index in [9.17, 15) is 14.7 Å². The molecule has 4 nitrogen and oxygen atoms in total. The van der Waals surface area contributed by atoms with Gasteiger partial charge in [-0.25, -0.2) is 0 Å². The topological polar surface area (TPSA) is 63.6 Å². The lowest BCUT2D eigenvalue weighted by atomic mass is 10.1. The zero-order valence-electron chi connectivity index (χ0n) is 11.9. The number of hydrogen-bond donors (Lipinski definition) is 1. The molecule has 0 saturated heterocycles. The van der Waals surface area contributed by atoms with Crippen LogP contribution in [0.25, 0.3) is 0 Å². The molecule has 10 heteroatoms. The van der Waals surface area contributed by atoms with Crippen molar-refractivity contribution in [3.63, 3.8) is 0 Å². The highest BCUT2D eigenvalue weighted by Gasteiger charge is 2.39. The summed E-state index contributed by atoms with van der Waals surface area (Å²) < 4.78 is 0.856. The summed E-state index contributed by atoms with van der Waals surface area (Å²) in [7, 11) is 0. The molecule has 0 spiro atoms. The van der Waals surface area contributed by atoms with Crippen LogP contribution in [0, 0.1) is 0 Å². The van der Waals surface area contributed by atoms with E-state index in [2.05, 4.69) is 0 Å². The first-order valence-corrected chi connectivity index (χ1v) is 8.77. The Bertz CT molecular complexity index is 567. The van der Waals surface area contributed by atoms with Gasteiger partial charge >= 0.3 is 5.97 Å². The van der Waals surface area contributed by atoms with Gasteiger partial charge in [-0.1, -0.05) is 99.9 Å². The zero-order valence-corrected chi connectivity index (χ0v) is 16.4. The molecular weight excluding hydrogens is 445 g/mol. The third kappa shape index (κ3) is 7.52. The van der Waals surface area contributed by atoms with E-state index in [1.807, 2.05) is 0 Å². The number of carbonyl (C=O) groups excluding carboxylic acids is 2. The molecule has 1 aromatic rings. The van der Waals surface area contributed by atoms with E-state index in [1.54, 1.807) is 30.3 Å². The minimum absolute atomic E-state index is 0.365. The van der Waals surface area contributed by atoms with Crippen LogP contribution in [-0.4, -0.2) is 36.7 Å². The Morgan fingerprint density at radius 2 is 1.50 bits per heavy atom. The van der Waals surface area contributed by atoms with Crippen molar-refractivity contribution in [2.24, 2.45) is 0 Å². The van der Waals surface area contributed by atoms with E-state index in [0.29, 0.717) is 5.56 Å². The molecule has 2 atom stereocenters. The Hall–Kier alpha value is 0.0600. The number of ether oxygens (including phenoxy) is 1. The maximum Gasteiger partial charge on any atom is 0.309 e. The van der Waals surface area contributed by atoms with Crippen LogP contribution in [0.2, 0.25) is 0 Å². The standard InChI is InChI=1S/C14H12Cl6O4/c15-13(16,17)10(22)7-12(23)24-11(14(18,19)20)6-9(21)8-4-2-1-3-5-8/h1-5,10-11,22H,6-7H2/t10-,11-/m0/s1. The van der Waals surface area contributed by atoms with Crippen LogP contribution >= 0.6 is 69.6 Å². The van der Waals surface area contributed by atoms with E-state index in [1.165, 1.54) is 0 Å². The molecule has 0 aliphatic rings. The smallest absolute Gasteiger partial charge is 0.309 e. The molecule has 0 amide bonds. The summed E-state index contributed by atoms with van der Waals surface area (Å²) in [5.41, 5.74) is 0.370. The van der Waals surface area contributed by atoms with Crippen molar-refractivity contribution in [2.75, 3.05) is 0 Å². The molecule has 0 radical (unpaired) electrons. The average Bonchev–Trinajstić information content (AvgIpc) is 2.45. The summed E-state index contributed by atoms with van der Waals surface area (Å²) >= 11 is 33.7. The van der Waals surface area contributed by atoms with Crippen molar-refractivity contribution < 1.29 is 19.4 Å². The average molecular weight is 457 g/mol. The van der Waals surface area contributed by atoms with Crippen LogP contribution in [0.15, 0.2) is 30.3 Å². The Balaban J connectivity index is 2.77. The van der Waals surface area contributed by atoms with Crippen LogP contribution in [0.5, 0.6) is 0 Å². The van der Waals surface area contributed by atoms with Gasteiger partial charge in [0.05, 0.1) is 12.8 Å². The monoisotopic (exact) mass is 454 g/mol. The minimum atomic E-state index is -2.08. The molecular formula is C14H12Cl6O4. The molecule has 1 N–H and O–H groups in total. The molecule has 0 unspecified atom stereocenters. The highest BCUT2D eigenvalue weighted by Crippen LogP contribution is 2.36. The molecule has 0 bridgehead atoms. The summed E-state index contributed by atoms with van der Waals surface area (Å²) in [5, 5.41) is 9.57. The second-order valence-electron chi connectivity index (χ2n) is 4.77. The van der Waals surface area contributed by atoms with Gasteiger partial charge in [-0.2, -0.15) is 0 Å². The van der Waals surface area contributed by atoms with Gasteiger partial charge in [-0.15, -0.1) is 0 Å². The minimum Gasteiger partial charge on any atom is -0.457 e. The maximum absolute atomic E-state index is 12.2. The number of aliphatic hydroxyl groups is 1. The highest BCUT2D eigenvalue weighted by atomic mass is 35.6. The van der Waals surface area contributed by atoms with Crippen molar-refractivity contribution in [2.45, 2.75) is 32.6 Å². The number of esters is 1. The van der Waals surface area contributed by atoms with E-state index in [4.69, 9.17) is 74.3 Å². The van der Waals surface area contributed by atoms with Gasteiger partial charge in [0, 0.05) is 5.56 Å². The van der Waals surface area contributed by atoms with E-state index >= 15 is 0 Å². The van der Waals surface area contributed by atoms with Crippen LogP contribution in [0.4, 0.5) is 0 Å². The lowest BCUT2D eigenvalue weighted by Crippen LogP contribution is -2.36. The fourth-order valence-corrected chi connectivity index (χ4v) is 2.21. The fraction of sp³-hybridized carbons (Fsp3) is 0.429. The van der Waals surface area contributed by atoms with Gasteiger partial charge in [0.1, 0.15) is 6.10 Å². The Labute approximate surface area is 168 Å². The second kappa shape index (κ2) is 9.13. The third-order valence-corrected chi connectivity index (χ3v) is 4.33. The summed E-state index contributed by atoms with van der Waals surface area (Å²) in [6.07, 6.45) is -4.00. The Morgan fingerprint density at radius 1 is 0.958 bits per heavy atom. The number of hydrogen-bond acceptors (Lipinski definition) is 4. The van der Waals surface area contributed by atoms with Crippen molar-refractivity contribution >= 4 is 81.4 Å². The van der Waals surface area contributed by atoms with Gasteiger partial charge in [-0.3, -0.25) is 9.59 Å². The summed E-state index contributed by atoms with van der Waals surface area (Å²) in [4.78, 5) is 24.0. The first kappa shape index (κ1) is 22.1. The van der Waals surface area contributed by atoms with Crippen molar-refractivity contribution in [1.29, 1.82) is 0 Å². The summed E-state index contributed by atoms with van der Waals surface area (Å²) in [6, 6.07) is 8.22. The molecule has 134 valence electrons. The van der Waals surface area contributed by atoms with E-state index in [-0.39, 0.29) is 12.2 Å². The molecule has 0 saturated carbocycles. The number of benzene rings is 1. The molecule has 0 aromatic heterocycles. The van der Waals surface area contributed by atoms with Crippen LogP contribution in [0.1, 0.15) is 23.2 Å². The van der Waals surface area contributed by atoms with Gasteiger partial charge in [-0.05, 0) is 0 Å². The number of rotatable bonds is 6. The molecule has 1 aromatic carbocycles. The Morgan fingerprint density at radius 3 is 1.96 bits per heavy atom. The zero-order chi connectivity index (χ0) is 18.5. The number of carbonyl (C=O) groups is 2. The number of halogens is 6. The van der Waals surface area contributed by atoms with Crippen molar-refractivity contribution in [3.05, 3.63) is 35.9 Å². The Kier molecular flexibility index (Phi) is 8.41. The second-order valence-corrected chi connectivity index (χ2v) is 9.51. The largest absolute Gasteiger partial charge is 0.457 e. The first-order chi connectivity index (χ1) is 10.9. The number of alkyl halides is 6. The van der Waals surface area contributed by atoms with E-state index in [0.717, 1.165) is 0 Å². The molecule has 0 fully saturated rings. The van der Waals surface area contributed by atoms with E-state index < -0.39 is 32.2 Å². The molecule has 24 heavy (non-hydrogen) atoms. The van der Waals surface area contributed by atoms with Gasteiger partial charge in [0.25, 0.3) is 0 Å². The SMILES string of the molecule is O=C(C[C@H](O)C(Cl)(Cl)Cl)O[C@@H](CC(=O)c1ccccc1)C(Cl)(Cl)Cl. The number of ketones is 1. The molecule has 0 heterocycles. The fourth-order valence-electron chi connectivity index (χ4n) is 1.61. The maximum atomic E-state index is 12.2. The molecule has 0 aliphatic heterocycles. The summed E-state index contributed by atoms with van der Waals surface area (Å²) in [6.45, 7) is 0. The first-order valence-electron chi connectivity index (χ1n) is 6.50. The van der Waals surface area contributed by atoms with Crippen LogP contribution in [-0.2, 0) is 9.53 Å². The quantitative estimate of drug-likeness (QED) is 0.384. The predicted molar refractivity (Wildman–Crippen MR) is 96.5 cm³/mol. The lowest BCUT2D eigenvalue weighted by molar-refractivity contribution is -0.150. The van der Waals surface area contributed by atoms with Gasteiger partial charge in [0.15, 0.2) is 11.9 Å². The lowest BCUT2D eigenvalue weighted by Gasteiger charge is -2.25. The highest BCUT2D eigenvalue weighted by molar-refractivity contribution is 6.68. The number of aliphatic hydroxyl groups excluding tert-OH is 1. The van der Waals surface area contributed by atoms with Crippen molar-refractivity contribution in [3.8, 4) is 0 Å². The van der Waals surface area contributed by atoms with Crippen molar-refractivity contribution in [1.82, 2.24) is 0 Å². The molecule has 1 rings (SSSR count). The van der Waals surface area contributed by atoms with Crippen LogP contribution < -0.4 is 0 Å². The number of Topliss-reactive ketones (excluding diaryl/α,β-unsaturated/α-hetero) is 1. The predicted octanol–water partition coefficient (Wildman–Crippen LogP) is 4.66.